The van der Waals surface area contributed by atoms with E-state index in [1.54, 1.807) is 43.3 Å². The number of hydrogen-bond acceptors (Lipinski definition) is 6. The van der Waals surface area contributed by atoms with Crippen LogP contribution in [-0.4, -0.2) is 57.0 Å². The lowest BCUT2D eigenvalue weighted by atomic mass is 10.1. The van der Waals surface area contributed by atoms with Crippen LogP contribution in [0, 0.1) is 0 Å². The first-order valence-electron chi connectivity index (χ1n) is 13.4. The Balaban J connectivity index is 1.72. The minimum atomic E-state index is -4.17. The van der Waals surface area contributed by atoms with Gasteiger partial charge in [0.25, 0.3) is 10.0 Å². The van der Waals surface area contributed by atoms with Crippen molar-refractivity contribution in [1.82, 2.24) is 10.2 Å². The Morgan fingerprint density at radius 3 is 2.27 bits per heavy atom. The zero-order valence-electron chi connectivity index (χ0n) is 23.2. The zero-order valence-corrected chi connectivity index (χ0v) is 25.7. The van der Waals surface area contributed by atoms with E-state index in [4.69, 9.17) is 9.47 Å². The molecule has 3 aromatic rings. The van der Waals surface area contributed by atoms with Gasteiger partial charge in [-0.2, -0.15) is 0 Å². The molecule has 1 N–H and O–H groups in total. The fourth-order valence-corrected chi connectivity index (χ4v) is 5.96. The van der Waals surface area contributed by atoms with E-state index in [0.29, 0.717) is 24.7 Å². The lowest BCUT2D eigenvalue weighted by Gasteiger charge is -2.32. The summed E-state index contributed by atoms with van der Waals surface area (Å²) in [5.41, 5.74) is 1.04. The van der Waals surface area contributed by atoms with Crippen LogP contribution < -0.4 is 19.1 Å². The van der Waals surface area contributed by atoms with Crippen LogP contribution >= 0.6 is 15.9 Å². The summed E-state index contributed by atoms with van der Waals surface area (Å²) in [5.74, 6) is 0.0359. The van der Waals surface area contributed by atoms with E-state index in [1.807, 2.05) is 38.1 Å². The summed E-state index contributed by atoms with van der Waals surface area (Å²) in [6.45, 7) is 5.79. The van der Waals surface area contributed by atoms with Crippen LogP contribution in [0.1, 0.15) is 32.8 Å². The first kappa shape index (κ1) is 30.4. The molecule has 3 aromatic carbocycles. The van der Waals surface area contributed by atoms with Crippen LogP contribution in [-0.2, 0) is 26.2 Å². The molecule has 1 aliphatic rings. The topological polar surface area (TPSA) is 105 Å². The van der Waals surface area contributed by atoms with Gasteiger partial charge >= 0.3 is 0 Å². The zero-order chi connectivity index (χ0) is 29.6. The summed E-state index contributed by atoms with van der Waals surface area (Å²) in [7, 11) is -4.17. The van der Waals surface area contributed by atoms with Crippen molar-refractivity contribution in [3.63, 3.8) is 0 Å². The van der Waals surface area contributed by atoms with Crippen molar-refractivity contribution in [2.45, 2.75) is 50.7 Å². The number of nitrogens with zero attached hydrogens (tertiary/aromatic N) is 2. The van der Waals surface area contributed by atoms with Gasteiger partial charge in [0, 0.05) is 23.1 Å². The number of carbonyl (C=O) groups is 2. The normalized spacial score (nSPS) is 14.0. The Bertz CT molecular complexity index is 1470. The first-order valence-corrected chi connectivity index (χ1v) is 15.6. The maximum Gasteiger partial charge on any atom is 0.264 e. The Morgan fingerprint density at radius 1 is 0.951 bits per heavy atom. The monoisotopic (exact) mass is 643 g/mol. The lowest BCUT2D eigenvalue weighted by molar-refractivity contribution is -0.139. The Kier molecular flexibility index (Phi) is 9.93. The highest BCUT2D eigenvalue weighted by molar-refractivity contribution is 9.10. The molecule has 11 heteroatoms. The van der Waals surface area contributed by atoms with E-state index in [1.165, 1.54) is 17.0 Å². The molecule has 0 aliphatic carbocycles. The molecule has 2 unspecified atom stereocenters. The smallest absolute Gasteiger partial charge is 0.264 e. The molecule has 0 saturated heterocycles. The highest BCUT2D eigenvalue weighted by Gasteiger charge is 2.33. The summed E-state index contributed by atoms with van der Waals surface area (Å²) in [6, 6.07) is 19.1. The molecule has 4 rings (SSSR count). The standard InChI is InChI=1S/C30H34BrN3O6S/c1-4-21(2)32-30(36)22(3)33(19-23-10-12-24(31)13-11-23)29(35)20-34(41(37,38)26-8-6-5-7-9-26)25-14-15-27-28(18-25)40-17-16-39-27/h5-15,18,21-22H,4,16-17,19-20H2,1-3H3,(H,32,36). The van der Waals surface area contributed by atoms with Gasteiger partial charge in [0.05, 0.1) is 10.6 Å². The van der Waals surface area contributed by atoms with Gasteiger partial charge in [0.15, 0.2) is 11.5 Å². The van der Waals surface area contributed by atoms with Gasteiger partial charge < -0.3 is 19.7 Å². The van der Waals surface area contributed by atoms with E-state index in [0.717, 1.165) is 20.8 Å². The summed E-state index contributed by atoms with van der Waals surface area (Å²) in [6.07, 6.45) is 0.729. The number of carbonyl (C=O) groups excluding carboxylic acids is 2. The second-order valence-electron chi connectivity index (χ2n) is 9.79. The minimum Gasteiger partial charge on any atom is -0.486 e. The Morgan fingerprint density at radius 2 is 1.61 bits per heavy atom. The quantitative estimate of drug-likeness (QED) is 0.323. The fraction of sp³-hybridized carbons (Fsp3) is 0.333. The molecule has 0 bridgehead atoms. The molecule has 2 atom stereocenters. The van der Waals surface area contributed by atoms with E-state index in [9.17, 15) is 18.0 Å². The van der Waals surface area contributed by atoms with Crippen molar-refractivity contribution in [1.29, 1.82) is 0 Å². The largest absolute Gasteiger partial charge is 0.486 e. The third kappa shape index (κ3) is 7.39. The van der Waals surface area contributed by atoms with Gasteiger partial charge in [-0.15, -0.1) is 0 Å². The molecule has 1 aliphatic heterocycles. The molecule has 1 heterocycles. The summed E-state index contributed by atoms with van der Waals surface area (Å²) >= 11 is 3.42. The number of ether oxygens (including phenoxy) is 2. The second kappa shape index (κ2) is 13.4. The number of nitrogens with one attached hydrogen (secondary N) is 1. The molecule has 218 valence electrons. The van der Waals surface area contributed by atoms with Crippen LogP contribution in [0.2, 0.25) is 0 Å². The Hall–Kier alpha value is -3.57. The van der Waals surface area contributed by atoms with Gasteiger partial charge in [-0.05, 0) is 62.2 Å². The third-order valence-corrected chi connectivity index (χ3v) is 9.18. The van der Waals surface area contributed by atoms with Gasteiger partial charge in [0.2, 0.25) is 11.8 Å². The number of hydrogen-bond donors (Lipinski definition) is 1. The van der Waals surface area contributed by atoms with E-state index < -0.39 is 28.5 Å². The van der Waals surface area contributed by atoms with E-state index in [2.05, 4.69) is 21.2 Å². The molecule has 0 radical (unpaired) electrons. The molecule has 41 heavy (non-hydrogen) atoms. The minimum absolute atomic E-state index is 0.0321. The van der Waals surface area contributed by atoms with Gasteiger partial charge in [-0.25, -0.2) is 8.42 Å². The molecule has 0 saturated carbocycles. The number of rotatable bonds is 11. The highest BCUT2D eigenvalue weighted by Crippen LogP contribution is 2.36. The average molecular weight is 645 g/mol. The first-order chi connectivity index (χ1) is 19.6. The number of amides is 2. The summed E-state index contributed by atoms with van der Waals surface area (Å²) in [4.78, 5) is 28.6. The number of anilines is 1. The van der Waals surface area contributed by atoms with Crippen LogP contribution in [0.5, 0.6) is 11.5 Å². The molecule has 0 fully saturated rings. The predicted octanol–water partition coefficient (Wildman–Crippen LogP) is 4.75. The second-order valence-corrected chi connectivity index (χ2v) is 12.6. The van der Waals surface area contributed by atoms with Crippen LogP contribution in [0.25, 0.3) is 0 Å². The van der Waals surface area contributed by atoms with Crippen molar-refractivity contribution in [3.05, 3.63) is 82.8 Å². The van der Waals surface area contributed by atoms with Crippen molar-refractivity contribution >= 4 is 43.5 Å². The summed E-state index contributed by atoms with van der Waals surface area (Å²) < 4.78 is 41.1. The van der Waals surface area contributed by atoms with E-state index >= 15 is 0 Å². The van der Waals surface area contributed by atoms with Gasteiger partial charge in [-0.1, -0.05) is 53.2 Å². The van der Waals surface area contributed by atoms with Crippen LogP contribution in [0.4, 0.5) is 5.69 Å². The number of fused-ring (bicyclic) bond motifs is 1. The van der Waals surface area contributed by atoms with E-state index in [-0.39, 0.29) is 29.1 Å². The lowest BCUT2D eigenvalue weighted by Crippen LogP contribution is -2.52. The maximum atomic E-state index is 14.0. The van der Waals surface area contributed by atoms with Crippen molar-refractivity contribution in [2.75, 3.05) is 24.1 Å². The molecule has 0 aromatic heterocycles. The number of benzene rings is 3. The molecule has 9 nitrogen and oxygen atoms in total. The molecular formula is C30H34BrN3O6S. The number of sulfonamides is 1. The van der Waals surface area contributed by atoms with Gasteiger partial charge in [0.1, 0.15) is 25.8 Å². The van der Waals surface area contributed by atoms with Crippen molar-refractivity contribution in [3.8, 4) is 11.5 Å². The van der Waals surface area contributed by atoms with Gasteiger partial charge in [-0.3, -0.25) is 13.9 Å². The van der Waals surface area contributed by atoms with Crippen molar-refractivity contribution in [2.24, 2.45) is 0 Å². The number of halogens is 1. The highest BCUT2D eigenvalue weighted by atomic mass is 79.9. The van der Waals surface area contributed by atoms with Crippen LogP contribution in [0.3, 0.4) is 0 Å². The molecular weight excluding hydrogens is 610 g/mol. The fourth-order valence-electron chi connectivity index (χ4n) is 4.27. The summed E-state index contributed by atoms with van der Waals surface area (Å²) in [5, 5.41) is 2.93. The van der Waals surface area contributed by atoms with Crippen LogP contribution in [0.15, 0.2) is 82.2 Å². The maximum absolute atomic E-state index is 14.0. The SMILES string of the molecule is CCC(C)NC(=O)C(C)N(Cc1ccc(Br)cc1)C(=O)CN(c1ccc2c(c1)OCCO2)S(=O)(=O)c1ccccc1. The molecule has 0 spiro atoms. The average Bonchev–Trinajstić information content (AvgIpc) is 2.99. The third-order valence-electron chi connectivity index (χ3n) is 6.86. The predicted molar refractivity (Wildman–Crippen MR) is 160 cm³/mol. The molecule has 2 amide bonds. The Labute approximate surface area is 249 Å². The van der Waals surface area contributed by atoms with Crippen molar-refractivity contribution < 1.29 is 27.5 Å².